The van der Waals surface area contributed by atoms with Gasteiger partial charge in [-0.15, -0.1) is 0 Å². The zero-order valence-corrected chi connectivity index (χ0v) is 15.5. The van der Waals surface area contributed by atoms with Crippen LogP contribution in [0.15, 0.2) is 49.1 Å². The molecule has 3 N–H and O–H groups in total. The molecule has 0 saturated heterocycles. The van der Waals surface area contributed by atoms with Crippen LogP contribution in [0.4, 0.5) is 21.7 Å². The fourth-order valence-corrected chi connectivity index (χ4v) is 3.17. The summed E-state index contributed by atoms with van der Waals surface area (Å²) in [5, 5.41) is 7.92. The number of nitrogens with one attached hydrogen (secondary N) is 1. The molecule has 144 valence electrons. The fraction of sp³-hybridized carbons (Fsp3) is 0.150. The number of hydrogen-bond donors (Lipinski definition) is 2. The van der Waals surface area contributed by atoms with Gasteiger partial charge in [-0.25, -0.2) is 28.7 Å². The minimum atomic E-state index is -0.346. The Balaban J connectivity index is 1.86. The quantitative estimate of drug-likeness (QED) is 0.501. The Morgan fingerprint density at radius 3 is 2.90 bits per heavy atom. The smallest absolute Gasteiger partial charge is 0.268 e. The highest BCUT2D eigenvalue weighted by Gasteiger charge is 2.21. The summed E-state index contributed by atoms with van der Waals surface area (Å²) in [6, 6.07) is 7.91. The van der Waals surface area contributed by atoms with Crippen LogP contribution in [0.1, 0.15) is 24.9 Å². The maximum atomic E-state index is 13.9. The number of anilines is 2. The van der Waals surface area contributed by atoms with Gasteiger partial charge in [-0.3, -0.25) is 0 Å². The van der Waals surface area contributed by atoms with E-state index < -0.39 is 0 Å². The van der Waals surface area contributed by atoms with Gasteiger partial charge in [0, 0.05) is 23.5 Å². The highest BCUT2D eigenvalue weighted by atomic mass is 19.1. The van der Waals surface area contributed by atoms with Crippen molar-refractivity contribution < 1.29 is 4.39 Å². The average molecular weight is 388 g/mol. The molecule has 9 heteroatoms. The first-order valence-electron chi connectivity index (χ1n) is 8.95. The third-order valence-electron chi connectivity index (χ3n) is 4.57. The van der Waals surface area contributed by atoms with Crippen molar-refractivity contribution in [1.29, 1.82) is 0 Å². The van der Waals surface area contributed by atoms with Crippen LogP contribution < -0.4 is 11.1 Å². The molecular formula is C20H17FN8. The molecule has 0 amide bonds. The highest BCUT2D eigenvalue weighted by Crippen LogP contribution is 2.35. The predicted octanol–water partition coefficient (Wildman–Crippen LogP) is 4.02. The summed E-state index contributed by atoms with van der Waals surface area (Å²) in [4.78, 5) is 15.8. The number of nitrogens with zero attached hydrogens (tertiary/aromatic N) is 6. The minimum Gasteiger partial charge on any atom is -0.392 e. The van der Waals surface area contributed by atoms with Crippen molar-refractivity contribution in [3.8, 4) is 11.3 Å². The summed E-state index contributed by atoms with van der Waals surface area (Å²) >= 11 is 0. The van der Waals surface area contributed by atoms with E-state index in [9.17, 15) is 4.39 Å². The second-order valence-corrected chi connectivity index (χ2v) is 6.36. The predicted molar refractivity (Wildman–Crippen MR) is 108 cm³/mol. The molecule has 0 aliphatic rings. The van der Waals surface area contributed by atoms with E-state index in [1.54, 1.807) is 29.0 Å². The standard InChI is InChI=1S/C20H17FN8/c1-3-15(27-20-18(23-2)19(22)25-11-26-20)14-10-16-24-7-8-29(16)28-17(14)12-5-4-6-13(21)9-12/h4-11,15H,3H2,1H3,(H3,22,25,26,27)/t15-/m1/s1. The van der Waals surface area contributed by atoms with E-state index in [0.717, 1.165) is 5.56 Å². The van der Waals surface area contributed by atoms with Gasteiger partial charge in [-0.1, -0.05) is 19.1 Å². The third kappa shape index (κ3) is 3.43. The molecule has 0 unspecified atom stereocenters. The summed E-state index contributed by atoms with van der Waals surface area (Å²) < 4.78 is 15.5. The lowest BCUT2D eigenvalue weighted by Crippen LogP contribution is -2.14. The Labute approximate surface area is 166 Å². The van der Waals surface area contributed by atoms with Gasteiger partial charge in [-0.2, -0.15) is 5.10 Å². The topological polar surface area (TPSA) is 98.4 Å². The number of nitrogen functional groups attached to an aromatic ring is 1. The normalized spacial score (nSPS) is 11.9. The first-order valence-corrected chi connectivity index (χ1v) is 8.95. The fourth-order valence-electron chi connectivity index (χ4n) is 3.17. The Hall–Kier alpha value is -4.06. The van der Waals surface area contributed by atoms with E-state index in [1.165, 1.54) is 18.5 Å². The summed E-state index contributed by atoms with van der Waals surface area (Å²) in [6.07, 6.45) is 5.35. The maximum Gasteiger partial charge on any atom is 0.268 e. The van der Waals surface area contributed by atoms with Crippen molar-refractivity contribution in [3.05, 3.63) is 71.9 Å². The number of aromatic nitrogens is 5. The van der Waals surface area contributed by atoms with Crippen LogP contribution in [0.5, 0.6) is 0 Å². The van der Waals surface area contributed by atoms with Gasteiger partial charge in [0.05, 0.1) is 18.3 Å². The van der Waals surface area contributed by atoms with E-state index in [2.05, 4.69) is 30.2 Å². The molecule has 0 saturated carbocycles. The Kier molecular flexibility index (Phi) is 4.75. The van der Waals surface area contributed by atoms with Gasteiger partial charge < -0.3 is 11.1 Å². The number of benzene rings is 1. The summed E-state index contributed by atoms with van der Waals surface area (Å²) in [5.74, 6) is 0.105. The lowest BCUT2D eigenvalue weighted by molar-refractivity contribution is 0.628. The largest absolute Gasteiger partial charge is 0.392 e. The molecule has 0 radical (unpaired) electrons. The van der Waals surface area contributed by atoms with Crippen LogP contribution >= 0.6 is 0 Å². The van der Waals surface area contributed by atoms with Crippen molar-refractivity contribution in [2.75, 3.05) is 11.1 Å². The van der Waals surface area contributed by atoms with Crippen molar-refractivity contribution >= 4 is 23.0 Å². The number of imidazole rings is 1. The number of halogens is 1. The Bertz CT molecular complexity index is 1230. The van der Waals surface area contributed by atoms with Gasteiger partial charge in [-0.05, 0) is 24.6 Å². The molecule has 0 fully saturated rings. The van der Waals surface area contributed by atoms with Crippen molar-refractivity contribution in [2.45, 2.75) is 19.4 Å². The molecule has 3 heterocycles. The lowest BCUT2D eigenvalue weighted by Gasteiger charge is -2.21. The molecular weight excluding hydrogens is 371 g/mol. The number of hydrogen-bond acceptors (Lipinski definition) is 6. The molecule has 0 spiro atoms. The van der Waals surface area contributed by atoms with Crippen molar-refractivity contribution in [1.82, 2.24) is 24.6 Å². The highest BCUT2D eigenvalue weighted by molar-refractivity contribution is 5.77. The first kappa shape index (κ1) is 18.3. The number of fused-ring (bicyclic) bond motifs is 1. The van der Waals surface area contributed by atoms with Crippen LogP contribution in [0.2, 0.25) is 0 Å². The molecule has 1 atom stereocenters. The molecule has 1 aromatic carbocycles. The Morgan fingerprint density at radius 1 is 1.28 bits per heavy atom. The van der Waals surface area contributed by atoms with Gasteiger partial charge in [0.25, 0.3) is 5.69 Å². The van der Waals surface area contributed by atoms with Crippen molar-refractivity contribution in [3.63, 3.8) is 0 Å². The number of nitrogens with two attached hydrogens (primary N) is 1. The van der Waals surface area contributed by atoms with E-state index in [-0.39, 0.29) is 23.4 Å². The van der Waals surface area contributed by atoms with E-state index >= 15 is 0 Å². The van der Waals surface area contributed by atoms with Crippen molar-refractivity contribution in [2.24, 2.45) is 0 Å². The molecule has 0 bridgehead atoms. The Morgan fingerprint density at radius 2 is 2.14 bits per heavy atom. The monoisotopic (exact) mass is 388 g/mol. The maximum absolute atomic E-state index is 13.9. The zero-order valence-electron chi connectivity index (χ0n) is 15.5. The third-order valence-corrected chi connectivity index (χ3v) is 4.57. The average Bonchev–Trinajstić information content (AvgIpc) is 3.19. The van der Waals surface area contributed by atoms with Gasteiger partial charge in [0.1, 0.15) is 23.8 Å². The second kappa shape index (κ2) is 7.52. The van der Waals surface area contributed by atoms with Crippen LogP contribution in [-0.4, -0.2) is 24.6 Å². The molecule has 3 aromatic heterocycles. The zero-order chi connectivity index (χ0) is 20.4. The second-order valence-electron chi connectivity index (χ2n) is 6.36. The summed E-state index contributed by atoms with van der Waals surface area (Å²) in [7, 11) is 0. The summed E-state index contributed by atoms with van der Waals surface area (Å²) in [5.41, 5.74) is 8.70. The van der Waals surface area contributed by atoms with Crippen LogP contribution in [0, 0.1) is 12.4 Å². The molecule has 0 aliphatic carbocycles. The number of rotatable bonds is 5. The molecule has 8 nitrogen and oxygen atoms in total. The van der Waals surface area contributed by atoms with Crippen LogP contribution in [-0.2, 0) is 0 Å². The van der Waals surface area contributed by atoms with Crippen LogP contribution in [0.3, 0.4) is 0 Å². The van der Waals surface area contributed by atoms with E-state index in [0.29, 0.717) is 29.1 Å². The minimum absolute atomic E-state index is 0.111. The first-order chi connectivity index (χ1) is 14.1. The molecule has 4 aromatic rings. The van der Waals surface area contributed by atoms with Gasteiger partial charge in [0.15, 0.2) is 5.65 Å². The molecule has 29 heavy (non-hydrogen) atoms. The van der Waals surface area contributed by atoms with Crippen LogP contribution in [0.25, 0.3) is 21.7 Å². The lowest BCUT2D eigenvalue weighted by atomic mass is 9.98. The van der Waals surface area contributed by atoms with Gasteiger partial charge in [0.2, 0.25) is 0 Å². The SMILES string of the molecule is [C-]#[N+]c1c(N)ncnc1N[C@H](CC)c1cc2nccn2nc1-c1cccc(F)c1. The summed E-state index contributed by atoms with van der Waals surface area (Å²) in [6.45, 7) is 9.37. The van der Waals surface area contributed by atoms with Gasteiger partial charge >= 0.3 is 0 Å². The van der Waals surface area contributed by atoms with E-state index in [4.69, 9.17) is 12.3 Å². The molecule has 4 rings (SSSR count). The molecule has 0 aliphatic heterocycles. The van der Waals surface area contributed by atoms with E-state index in [1.807, 2.05) is 13.0 Å².